The third-order valence-corrected chi connectivity index (χ3v) is 4.10. The summed E-state index contributed by atoms with van der Waals surface area (Å²) in [6, 6.07) is 6.74. The Balaban J connectivity index is 2.08. The van der Waals surface area contributed by atoms with E-state index in [1.165, 1.54) is 0 Å². The molecule has 2 atom stereocenters. The van der Waals surface area contributed by atoms with Gasteiger partial charge >= 0.3 is 5.97 Å². The number of carboxylic acids is 1. The van der Waals surface area contributed by atoms with Crippen molar-refractivity contribution in [2.45, 2.75) is 25.0 Å². The topological polar surface area (TPSA) is 75.6 Å². The maximum Gasteiger partial charge on any atom is 0.326 e. The summed E-state index contributed by atoms with van der Waals surface area (Å²) in [5, 5.41) is 11.8. The van der Waals surface area contributed by atoms with E-state index in [1.807, 2.05) is 30.5 Å². The number of carboxylic acid groups (broad SMARTS) is 1. The van der Waals surface area contributed by atoms with Crippen LogP contribution in [-0.2, 0) is 20.7 Å². The molecule has 0 saturated heterocycles. The first kappa shape index (κ1) is 15.9. The number of hydrogen-bond donors (Lipinski definition) is 2. The molecule has 2 unspecified atom stereocenters. The fourth-order valence-corrected chi connectivity index (χ4v) is 2.82. The Morgan fingerprint density at radius 3 is 2.95 bits per heavy atom. The van der Waals surface area contributed by atoms with Gasteiger partial charge in [0.25, 0.3) is 5.91 Å². The SMILES string of the molecule is CSCCC(NC(=O)C1OCCc2ccccc21)C(=O)O. The molecule has 1 aromatic carbocycles. The summed E-state index contributed by atoms with van der Waals surface area (Å²) in [6.45, 7) is 0.470. The van der Waals surface area contributed by atoms with Gasteiger partial charge < -0.3 is 15.2 Å². The summed E-state index contributed by atoms with van der Waals surface area (Å²) < 4.78 is 5.54. The second-order valence-electron chi connectivity index (χ2n) is 4.88. The van der Waals surface area contributed by atoms with Gasteiger partial charge in [0.1, 0.15) is 6.04 Å². The van der Waals surface area contributed by atoms with E-state index in [2.05, 4.69) is 5.32 Å². The molecular weight excluding hydrogens is 290 g/mol. The highest BCUT2D eigenvalue weighted by atomic mass is 32.2. The van der Waals surface area contributed by atoms with Crippen molar-refractivity contribution in [3.8, 4) is 0 Å². The van der Waals surface area contributed by atoms with Crippen LogP contribution in [0.4, 0.5) is 0 Å². The summed E-state index contributed by atoms with van der Waals surface area (Å²) >= 11 is 1.55. The second-order valence-corrected chi connectivity index (χ2v) is 5.87. The number of fused-ring (bicyclic) bond motifs is 1. The third-order valence-electron chi connectivity index (χ3n) is 3.46. The molecule has 0 aliphatic carbocycles. The standard InChI is InChI=1S/C15H19NO4S/c1-21-9-7-12(15(18)19)16-14(17)13-11-5-3-2-4-10(11)6-8-20-13/h2-5,12-13H,6-9H2,1H3,(H,16,17)(H,18,19). The zero-order valence-electron chi connectivity index (χ0n) is 11.9. The monoisotopic (exact) mass is 309 g/mol. The molecule has 1 aromatic rings. The first-order valence-corrected chi connectivity index (χ1v) is 8.24. The van der Waals surface area contributed by atoms with E-state index >= 15 is 0 Å². The first-order valence-electron chi connectivity index (χ1n) is 6.85. The van der Waals surface area contributed by atoms with E-state index in [0.717, 1.165) is 17.5 Å². The number of nitrogens with one attached hydrogen (secondary N) is 1. The van der Waals surface area contributed by atoms with Crippen molar-refractivity contribution in [2.24, 2.45) is 0 Å². The van der Waals surface area contributed by atoms with Gasteiger partial charge in [-0.25, -0.2) is 4.79 Å². The van der Waals surface area contributed by atoms with Crippen molar-refractivity contribution in [2.75, 3.05) is 18.6 Å². The van der Waals surface area contributed by atoms with Crippen molar-refractivity contribution >= 4 is 23.6 Å². The molecule has 1 heterocycles. The maximum atomic E-state index is 12.3. The fraction of sp³-hybridized carbons (Fsp3) is 0.467. The van der Waals surface area contributed by atoms with Crippen LogP contribution in [-0.4, -0.2) is 41.6 Å². The predicted octanol–water partition coefficient (Wildman–Crippen LogP) is 1.62. The van der Waals surface area contributed by atoms with Crippen LogP contribution in [0.1, 0.15) is 23.7 Å². The van der Waals surface area contributed by atoms with Gasteiger partial charge in [-0.15, -0.1) is 0 Å². The minimum atomic E-state index is -1.01. The lowest BCUT2D eigenvalue weighted by Gasteiger charge is -2.26. The lowest BCUT2D eigenvalue weighted by Crippen LogP contribution is -2.44. The van der Waals surface area contributed by atoms with E-state index in [1.54, 1.807) is 11.8 Å². The van der Waals surface area contributed by atoms with Crippen LogP contribution in [0, 0.1) is 0 Å². The Kier molecular flexibility index (Phi) is 5.64. The van der Waals surface area contributed by atoms with Crippen LogP contribution < -0.4 is 5.32 Å². The molecule has 0 bridgehead atoms. The third kappa shape index (κ3) is 3.98. The molecule has 0 aromatic heterocycles. The summed E-state index contributed by atoms with van der Waals surface area (Å²) in [5.41, 5.74) is 1.91. The number of benzene rings is 1. The van der Waals surface area contributed by atoms with Gasteiger partial charge in [-0.1, -0.05) is 24.3 Å². The Hall–Kier alpha value is -1.53. The Labute approximate surface area is 128 Å². The summed E-state index contributed by atoms with van der Waals surface area (Å²) in [5.74, 6) is -0.712. The Morgan fingerprint density at radius 2 is 2.24 bits per heavy atom. The van der Waals surface area contributed by atoms with Crippen molar-refractivity contribution in [1.29, 1.82) is 0 Å². The van der Waals surface area contributed by atoms with Crippen LogP contribution in [0.25, 0.3) is 0 Å². The zero-order chi connectivity index (χ0) is 15.2. The molecule has 5 nitrogen and oxygen atoms in total. The summed E-state index contributed by atoms with van der Waals surface area (Å²) in [4.78, 5) is 23.5. The van der Waals surface area contributed by atoms with Crippen LogP contribution in [0.2, 0.25) is 0 Å². The maximum absolute atomic E-state index is 12.3. The number of ether oxygens (including phenoxy) is 1. The number of thioether (sulfide) groups is 1. The number of carbonyl (C=O) groups excluding carboxylic acids is 1. The molecule has 0 spiro atoms. The normalized spacial score (nSPS) is 18.6. The fourth-order valence-electron chi connectivity index (χ4n) is 2.35. The van der Waals surface area contributed by atoms with Crippen molar-refractivity contribution < 1.29 is 19.4 Å². The molecule has 1 amide bonds. The van der Waals surface area contributed by atoms with Gasteiger partial charge in [0.2, 0.25) is 0 Å². The molecule has 0 radical (unpaired) electrons. The molecule has 0 saturated carbocycles. The molecule has 21 heavy (non-hydrogen) atoms. The van der Waals surface area contributed by atoms with Gasteiger partial charge in [0, 0.05) is 0 Å². The molecule has 1 aliphatic heterocycles. The second kappa shape index (κ2) is 7.47. The van der Waals surface area contributed by atoms with Gasteiger partial charge in [0.15, 0.2) is 6.10 Å². The lowest BCUT2D eigenvalue weighted by atomic mass is 9.97. The highest BCUT2D eigenvalue weighted by Gasteiger charge is 2.30. The van der Waals surface area contributed by atoms with E-state index in [0.29, 0.717) is 18.8 Å². The van der Waals surface area contributed by atoms with Crippen molar-refractivity contribution in [3.05, 3.63) is 35.4 Å². The molecule has 2 rings (SSSR count). The van der Waals surface area contributed by atoms with E-state index < -0.39 is 18.1 Å². The molecule has 114 valence electrons. The highest BCUT2D eigenvalue weighted by Crippen LogP contribution is 2.27. The predicted molar refractivity (Wildman–Crippen MR) is 81.4 cm³/mol. The Bertz CT molecular complexity index is 520. The Morgan fingerprint density at radius 1 is 1.48 bits per heavy atom. The molecule has 6 heteroatoms. The van der Waals surface area contributed by atoms with Crippen LogP contribution in [0.15, 0.2) is 24.3 Å². The quantitative estimate of drug-likeness (QED) is 0.835. The number of carbonyl (C=O) groups is 2. The van der Waals surface area contributed by atoms with E-state index in [9.17, 15) is 14.7 Å². The highest BCUT2D eigenvalue weighted by molar-refractivity contribution is 7.98. The van der Waals surface area contributed by atoms with Gasteiger partial charge in [-0.3, -0.25) is 4.79 Å². The van der Waals surface area contributed by atoms with Crippen LogP contribution >= 0.6 is 11.8 Å². The minimum absolute atomic E-state index is 0.379. The molecule has 0 fully saturated rings. The average molecular weight is 309 g/mol. The van der Waals surface area contributed by atoms with Gasteiger partial charge in [-0.2, -0.15) is 11.8 Å². The van der Waals surface area contributed by atoms with Crippen LogP contribution in [0.5, 0.6) is 0 Å². The van der Waals surface area contributed by atoms with E-state index in [4.69, 9.17) is 4.74 Å². The number of hydrogen-bond acceptors (Lipinski definition) is 4. The summed E-state index contributed by atoms with van der Waals surface area (Å²) in [7, 11) is 0. The average Bonchev–Trinajstić information content (AvgIpc) is 2.50. The summed E-state index contributed by atoms with van der Waals surface area (Å²) in [6.07, 6.45) is 2.36. The zero-order valence-corrected chi connectivity index (χ0v) is 12.7. The molecular formula is C15H19NO4S. The van der Waals surface area contributed by atoms with E-state index in [-0.39, 0.29) is 5.91 Å². The lowest BCUT2D eigenvalue weighted by molar-refractivity contribution is -0.145. The minimum Gasteiger partial charge on any atom is -0.480 e. The van der Waals surface area contributed by atoms with Crippen molar-refractivity contribution in [3.63, 3.8) is 0 Å². The number of rotatable bonds is 6. The van der Waals surface area contributed by atoms with Gasteiger partial charge in [0.05, 0.1) is 6.61 Å². The van der Waals surface area contributed by atoms with Gasteiger partial charge in [-0.05, 0) is 36.0 Å². The largest absolute Gasteiger partial charge is 0.480 e. The smallest absolute Gasteiger partial charge is 0.326 e. The number of amides is 1. The molecule has 2 N–H and O–H groups in total. The number of aliphatic carboxylic acids is 1. The first-order chi connectivity index (χ1) is 10.1. The van der Waals surface area contributed by atoms with Crippen LogP contribution in [0.3, 0.4) is 0 Å². The van der Waals surface area contributed by atoms with Crippen molar-refractivity contribution in [1.82, 2.24) is 5.32 Å². The molecule has 1 aliphatic rings.